The van der Waals surface area contributed by atoms with Crippen LogP contribution in [0.15, 0.2) is 24.5 Å². The van der Waals surface area contributed by atoms with Crippen LogP contribution >= 0.6 is 11.3 Å². The van der Waals surface area contributed by atoms with Crippen molar-refractivity contribution in [3.05, 3.63) is 35.1 Å². The van der Waals surface area contributed by atoms with E-state index in [0.29, 0.717) is 54.3 Å². The van der Waals surface area contributed by atoms with E-state index < -0.39 is 31.5 Å². The summed E-state index contributed by atoms with van der Waals surface area (Å²) >= 11 is 1.38. The van der Waals surface area contributed by atoms with Crippen LogP contribution in [0, 0.1) is 6.92 Å². The summed E-state index contributed by atoms with van der Waals surface area (Å²) in [7, 11) is -1.36. The van der Waals surface area contributed by atoms with Gasteiger partial charge in [-0.3, -0.25) is 0 Å². The second-order valence-corrected chi connectivity index (χ2v) is 20.7. The van der Waals surface area contributed by atoms with Gasteiger partial charge >= 0.3 is 12.3 Å². The molecule has 0 unspecified atom stereocenters. The predicted octanol–water partition coefficient (Wildman–Crippen LogP) is 7.46. The van der Waals surface area contributed by atoms with Crippen LogP contribution in [0.3, 0.4) is 0 Å². The van der Waals surface area contributed by atoms with Gasteiger partial charge in [-0.05, 0) is 58.7 Å². The maximum absolute atomic E-state index is 14.4. The highest BCUT2D eigenvalue weighted by molar-refractivity contribution is 7.14. The Morgan fingerprint density at radius 1 is 1.15 bits per heavy atom. The van der Waals surface area contributed by atoms with Crippen molar-refractivity contribution in [3.63, 3.8) is 0 Å². The van der Waals surface area contributed by atoms with Crippen LogP contribution in [0.5, 0.6) is 0 Å². The van der Waals surface area contributed by atoms with Crippen LogP contribution in [-0.2, 0) is 22.4 Å². The van der Waals surface area contributed by atoms with E-state index >= 15 is 0 Å². The summed E-state index contributed by atoms with van der Waals surface area (Å²) in [6.07, 6.45) is -1.37. The Kier molecular flexibility index (Phi) is 9.94. The fourth-order valence-corrected chi connectivity index (χ4v) is 6.56. The molecule has 47 heavy (non-hydrogen) atoms. The molecule has 4 aromatic heterocycles. The molecule has 1 atom stereocenters. The summed E-state index contributed by atoms with van der Waals surface area (Å²) in [6.45, 7) is 15.4. The van der Waals surface area contributed by atoms with E-state index in [-0.39, 0.29) is 30.0 Å². The number of aromatic nitrogens is 6. The molecule has 1 N–H and O–H groups in total. The normalized spacial score (nSPS) is 16.1. The summed E-state index contributed by atoms with van der Waals surface area (Å²) in [5.74, 6) is 0.0326. The van der Waals surface area contributed by atoms with Crippen molar-refractivity contribution in [1.29, 1.82) is 0 Å². The lowest BCUT2D eigenvalue weighted by molar-refractivity contribution is -0.137. The summed E-state index contributed by atoms with van der Waals surface area (Å²) in [5, 5.41) is 13.3. The number of hydrogen-bond donors (Lipinski definition) is 1. The quantitative estimate of drug-likeness (QED) is 0.141. The Bertz CT molecular complexity index is 1730. The fraction of sp³-hybridized carbons (Fsp3) is 0.548. The van der Waals surface area contributed by atoms with Crippen molar-refractivity contribution in [2.45, 2.75) is 90.8 Å². The molecule has 1 saturated heterocycles. The molecule has 0 radical (unpaired) electrons. The van der Waals surface area contributed by atoms with E-state index in [1.54, 1.807) is 48.6 Å². The number of pyridine rings is 1. The van der Waals surface area contributed by atoms with Gasteiger partial charge in [0.15, 0.2) is 5.01 Å². The van der Waals surface area contributed by atoms with E-state index in [4.69, 9.17) is 14.5 Å². The molecule has 11 nitrogen and oxygen atoms in total. The van der Waals surface area contributed by atoms with Crippen LogP contribution in [0.4, 0.5) is 23.9 Å². The number of nitrogens with zero attached hydrogens (tertiary/aromatic N) is 7. The number of aryl methyl sites for hydroxylation is 1. The minimum atomic E-state index is -4.72. The number of amides is 1. The van der Waals surface area contributed by atoms with Gasteiger partial charge in [0.05, 0.1) is 5.69 Å². The van der Waals surface area contributed by atoms with E-state index in [1.165, 1.54) is 11.3 Å². The van der Waals surface area contributed by atoms with Gasteiger partial charge in [0.2, 0.25) is 5.95 Å². The lowest BCUT2D eigenvalue weighted by Gasteiger charge is -2.34. The SMILES string of the molecule is Cc1nnc(-c2ccc3c(-c4nc(N[C@H]5CCCN(C(=O)OC(C)(C)C)C5)ncc4C(F)(F)F)cn(COCC[Si](C)(C)C)c3n2)s1. The zero-order valence-electron chi connectivity index (χ0n) is 27.7. The monoisotopic (exact) mass is 690 g/mol. The summed E-state index contributed by atoms with van der Waals surface area (Å²) < 4.78 is 56.6. The van der Waals surface area contributed by atoms with Crippen molar-refractivity contribution < 1.29 is 27.4 Å². The second kappa shape index (κ2) is 13.5. The molecule has 0 spiro atoms. The van der Waals surface area contributed by atoms with Gasteiger partial charge < -0.3 is 24.3 Å². The summed E-state index contributed by atoms with van der Waals surface area (Å²) in [4.78, 5) is 27.6. The highest BCUT2D eigenvalue weighted by Gasteiger charge is 2.37. The maximum Gasteiger partial charge on any atom is 0.419 e. The number of carbonyl (C=O) groups is 1. The fourth-order valence-electron chi connectivity index (χ4n) is 5.15. The third-order valence-corrected chi connectivity index (χ3v) is 10.0. The second-order valence-electron chi connectivity index (χ2n) is 13.9. The van der Waals surface area contributed by atoms with E-state index in [9.17, 15) is 18.0 Å². The number of fused-ring (bicyclic) bond motifs is 1. The number of likely N-dealkylation sites (tertiary alicyclic amines) is 1. The van der Waals surface area contributed by atoms with E-state index in [0.717, 1.165) is 17.2 Å². The first kappa shape index (κ1) is 34.7. The highest BCUT2D eigenvalue weighted by atomic mass is 32.1. The topological polar surface area (TPSA) is 120 Å². The largest absolute Gasteiger partial charge is 0.444 e. The third-order valence-electron chi connectivity index (χ3n) is 7.45. The third kappa shape index (κ3) is 8.84. The van der Waals surface area contributed by atoms with E-state index in [1.807, 2.05) is 6.92 Å². The first-order chi connectivity index (χ1) is 22.0. The number of nitrogens with one attached hydrogen (secondary N) is 1. The molecule has 0 bridgehead atoms. The number of ether oxygens (including phenoxy) is 2. The van der Waals surface area contributed by atoms with Crippen LogP contribution in [0.2, 0.25) is 25.7 Å². The molecule has 1 amide bonds. The number of hydrogen-bond acceptors (Lipinski definition) is 10. The van der Waals surface area contributed by atoms with Gasteiger partial charge in [0.1, 0.15) is 34.2 Å². The molecule has 5 heterocycles. The summed E-state index contributed by atoms with van der Waals surface area (Å²) in [5.41, 5.74) is -0.638. The van der Waals surface area contributed by atoms with Crippen molar-refractivity contribution in [2.75, 3.05) is 25.0 Å². The van der Waals surface area contributed by atoms with Crippen molar-refractivity contribution in [2.24, 2.45) is 0 Å². The molecule has 1 aliphatic heterocycles. The number of anilines is 1. The molecule has 16 heteroatoms. The number of rotatable bonds is 9. The van der Waals surface area contributed by atoms with Crippen LogP contribution in [0.1, 0.15) is 44.2 Å². The standard InChI is InChI=1S/C31H41F3N8O3SSi/c1-19-39-40-27(46-19)24-11-10-21-22(17-42(26(21)37-24)18-44-13-14-47(5,6)7)25-23(31(32,33)34)15-35-28(38-25)36-20-9-8-12-41(16-20)29(43)45-30(2,3)4/h10-11,15,17,20H,8-9,12-14,16,18H2,1-7H3,(H,35,36,38)/t20-/m0/s1. The van der Waals surface area contributed by atoms with Gasteiger partial charge in [-0.15, -0.1) is 10.2 Å². The van der Waals surface area contributed by atoms with Crippen molar-refractivity contribution in [1.82, 2.24) is 34.6 Å². The predicted molar refractivity (Wildman–Crippen MR) is 178 cm³/mol. The molecule has 0 saturated carbocycles. The molecule has 254 valence electrons. The zero-order chi connectivity index (χ0) is 34.1. The zero-order valence-corrected chi connectivity index (χ0v) is 29.6. The highest BCUT2D eigenvalue weighted by Crippen LogP contribution is 2.40. The minimum Gasteiger partial charge on any atom is -0.444 e. The Labute approximate surface area is 276 Å². The maximum atomic E-state index is 14.4. The number of halogens is 3. The molecular formula is C31H41F3N8O3SSi. The Hall–Kier alpha value is -3.63. The summed E-state index contributed by atoms with van der Waals surface area (Å²) in [6, 6.07) is 4.12. The molecule has 4 aromatic rings. The minimum absolute atomic E-state index is 0.0326. The van der Waals surface area contributed by atoms with Gasteiger partial charge in [0, 0.05) is 57.2 Å². The average molecular weight is 691 g/mol. The van der Waals surface area contributed by atoms with E-state index in [2.05, 4.69) is 45.1 Å². The first-order valence-electron chi connectivity index (χ1n) is 15.5. The lowest BCUT2D eigenvalue weighted by atomic mass is 10.1. The molecule has 1 fully saturated rings. The van der Waals surface area contributed by atoms with Gasteiger partial charge in [-0.1, -0.05) is 31.0 Å². The smallest absolute Gasteiger partial charge is 0.419 e. The van der Waals surface area contributed by atoms with Gasteiger partial charge in [-0.2, -0.15) is 13.2 Å². The molecule has 0 aromatic carbocycles. The lowest BCUT2D eigenvalue weighted by Crippen LogP contribution is -2.47. The first-order valence-corrected chi connectivity index (χ1v) is 20.1. The van der Waals surface area contributed by atoms with Gasteiger partial charge in [0.25, 0.3) is 0 Å². The van der Waals surface area contributed by atoms with Gasteiger partial charge in [-0.25, -0.2) is 19.7 Å². The Morgan fingerprint density at radius 3 is 2.57 bits per heavy atom. The average Bonchev–Trinajstić information content (AvgIpc) is 3.56. The number of alkyl halides is 3. The molecule has 1 aliphatic rings. The Balaban J connectivity index is 1.51. The molecule has 5 rings (SSSR count). The van der Waals surface area contributed by atoms with Crippen LogP contribution in [0.25, 0.3) is 33.0 Å². The molecule has 0 aliphatic carbocycles. The van der Waals surface area contributed by atoms with Crippen LogP contribution < -0.4 is 5.32 Å². The molecular weight excluding hydrogens is 650 g/mol. The van der Waals surface area contributed by atoms with Crippen LogP contribution in [-0.4, -0.2) is 80.1 Å². The number of piperidine rings is 1. The van der Waals surface area contributed by atoms with Crippen molar-refractivity contribution >= 4 is 42.5 Å². The van der Waals surface area contributed by atoms with Crippen molar-refractivity contribution in [3.8, 4) is 22.0 Å². The number of carbonyl (C=O) groups excluding carboxylic acids is 1. The Morgan fingerprint density at radius 2 is 1.91 bits per heavy atom.